The molecule has 2 N–H and O–H groups in total. The van der Waals surface area contributed by atoms with Crippen molar-refractivity contribution in [3.8, 4) is 0 Å². The molecule has 0 saturated heterocycles. The van der Waals surface area contributed by atoms with Gasteiger partial charge in [-0.05, 0) is 37.9 Å². The summed E-state index contributed by atoms with van der Waals surface area (Å²) in [6.07, 6.45) is 2.61. The van der Waals surface area contributed by atoms with Gasteiger partial charge in [-0.2, -0.15) is 12.7 Å². The lowest BCUT2D eigenvalue weighted by Crippen LogP contribution is -2.40. The van der Waals surface area contributed by atoms with E-state index in [9.17, 15) is 8.42 Å². The number of hydrogen-bond donors (Lipinski definition) is 2. The van der Waals surface area contributed by atoms with E-state index in [2.05, 4.69) is 17.0 Å². The van der Waals surface area contributed by atoms with Crippen molar-refractivity contribution in [1.29, 1.82) is 0 Å². The van der Waals surface area contributed by atoms with Gasteiger partial charge in [0.2, 0.25) is 0 Å². The molecule has 120 valence electrons. The fraction of sp³-hybridized carbons (Fsp3) is 0.600. The predicted molar refractivity (Wildman–Crippen MR) is 87.5 cm³/mol. The summed E-state index contributed by atoms with van der Waals surface area (Å²) in [6.45, 7) is 4.88. The van der Waals surface area contributed by atoms with E-state index in [0.717, 1.165) is 31.5 Å². The minimum atomic E-state index is -3.37. The van der Waals surface area contributed by atoms with Crippen LogP contribution in [0, 0.1) is 0 Å². The molecule has 0 heterocycles. The summed E-state index contributed by atoms with van der Waals surface area (Å²) in [6, 6.07) is 9.86. The van der Waals surface area contributed by atoms with Crippen LogP contribution in [0.5, 0.6) is 0 Å². The molecule has 0 bridgehead atoms. The van der Waals surface area contributed by atoms with Crippen LogP contribution in [0.2, 0.25) is 0 Å². The van der Waals surface area contributed by atoms with Gasteiger partial charge in [0.1, 0.15) is 0 Å². The molecule has 1 aromatic carbocycles. The second-order valence-corrected chi connectivity index (χ2v) is 6.92. The molecule has 1 rings (SSSR count). The number of nitrogens with one attached hydrogen (secondary N) is 2. The maximum atomic E-state index is 12.0. The molecule has 0 spiro atoms. The van der Waals surface area contributed by atoms with Crippen LogP contribution in [0.1, 0.15) is 25.3 Å². The number of nitrogens with zero attached hydrogens (tertiary/aromatic N) is 1. The standard InChI is InChI=1S/C15H27N3O2S/c1-3-11-16-12-7-14-18(2)21(19,20)17-13-10-15-8-5-4-6-9-15/h4-6,8-9,16-17H,3,7,10-14H2,1-2H3. The van der Waals surface area contributed by atoms with E-state index in [-0.39, 0.29) is 0 Å². The zero-order chi connectivity index (χ0) is 15.6. The van der Waals surface area contributed by atoms with Crippen molar-refractivity contribution < 1.29 is 8.42 Å². The van der Waals surface area contributed by atoms with Gasteiger partial charge < -0.3 is 5.32 Å². The van der Waals surface area contributed by atoms with Gasteiger partial charge in [0, 0.05) is 20.1 Å². The van der Waals surface area contributed by atoms with E-state index in [1.165, 1.54) is 4.31 Å². The molecule has 0 fully saturated rings. The lowest BCUT2D eigenvalue weighted by Gasteiger charge is -2.17. The minimum Gasteiger partial charge on any atom is -0.317 e. The molecule has 5 nitrogen and oxygen atoms in total. The van der Waals surface area contributed by atoms with Crippen molar-refractivity contribution in [2.45, 2.75) is 26.2 Å². The molecule has 0 saturated carbocycles. The lowest BCUT2D eigenvalue weighted by molar-refractivity contribution is 0.445. The smallest absolute Gasteiger partial charge is 0.279 e. The molecule has 0 aromatic heterocycles. The lowest BCUT2D eigenvalue weighted by atomic mass is 10.2. The normalized spacial score (nSPS) is 12.0. The Morgan fingerprint density at radius 3 is 2.48 bits per heavy atom. The summed E-state index contributed by atoms with van der Waals surface area (Å²) in [7, 11) is -1.75. The predicted octanol–water partition coefficient (Wildman–Crippen LogP) is 1.39. The van der Waals surface area contributed by atoms with Crippen LogP contribution in [0.4, 0.5) is 0 Å². The van der Waals surface area contributed by atoms with Crippen LogP contribution < -0.4 is 10.0 Å². The fourth-order valence-corrected chi connectivity index (χ4v) is 2.88. The summed E-state index contributed by atoms with van der Waals surface area (Å²) in [5.74, 6) is 0. The summed E-state index contributed by atoms with van der Waals surface area (Å²) < 4.78 is 28.1. The van der Waals surface area contributed by atoms with Gasteiger partial charge in [0.05, 0.1) is 0 Å². The zero-order valence-corrected chi connectivity index (χ0v) is 13.8. The average molecular weight is 313 g/mol. The van der Waals surface area contributed by atoms with E-state index in [4.69, 9.17) is 0 Å². The van der Waals surface area contributed by atoms with Gasteiger partial charge in [-0.3, -0.25) is 0 Å². The van der Waals surface area contributed by atoms with E-state index < -0.39 is 10.2 Å². The first kappa shape index (κ1) is 18.1. The Labute approximate surface area is 128 Å². The van der Waals surface area contributed by atoms with E-state index in [1.54, 1.807) is 7.05 Å². The third-order valence-electron chi connectivity index (χ3n) is 3.20. The Morgan fingerprint density at radius 1 is 1.10 bits per heavy atom. The van der Waals surface area contributed by atoms with Crippen LogP contribution >= 0.6 is 0 Å². The molecule has 0 radical (unpaired) electrons. The first-order valence-corrected chi connectivity index (χ1v) is 8.96. The average Bonchev–Trinajstić information content (AvgIpc) is 2.47. The van der Waals surface area contributed by atoms with Crippen molar-refractivity contribution in [3.05, 3.63) is 35.9 Å². The third-order valence-corrected chi connectivity index (χ3v) is 4.78. The Balaban J connectivity index is 2.25. The first-order valence-electron chi connectivity index (χ1n) is 7.52. The fourth-order valence-electron chi connectivity index (χ4n) is 1.93. The van der Waals surface area contributed by atoms with Gasteiger partial charge in [-0.15, -0.1) is 0 Å². The summed E-state index contributed by atoms with van der Waals surface area (Å²) >= 11 is 0. The monoisotopic (exact) mass is 313 g/mol. The second-order valence-electron chi connectivity index (χ2n) is 5.06. The molecule has 0 unspecified atom stereocenters. The Morgan fingerprint density at radius 2 is 1.81 bits per heavy atom. The van der Waals surface area contributed by atoms with Gasteiger partial charge >= 0.3 is 0 Å². The summed E-state index contributed by atoms with van der Waals surface area (Å²) in [5.41, 5.74) is 1.13. The molecular weight excluding hydrogens is 286 g/mol. The molecule has 0 atom stereocenters. The molecule has 0 aliphatic carbocycles. The molecule has 0 aliphatic heterocycles. The van der Waals surface area contributed by atoms with Gasteiger partial charge in [0.25, 0.3) is 10.2 Å². The molecule has 6 heteroatoms. The summed E-state index contributed by atoms with van der Waals surface area (Å²) in [4.78, 5) is 0. The Kier molecular flexibility index (Phi) is 8.52. The van der Waals surface area contributed by atoms with Gasteiger partial charge in [-0.25, -0.2) is 4.72 Å². The van der Waals surface area contributed by atoms with Crippen LogP contribution in [0.3, 0.4) is 0 Å². The van der Waals surface area contributed by atoms with E-state index in [0.29, 0.717) is 19.5 Å². The molecule has 0 amide bonds. The van der Waals surface area contributed by atoms with Crippen molar-refractivity contribution in [2.24, 2.45) is 0 Å². The second kappa shape index (κ2) is 9.89. The summed E-state index contributed by atoms with van der Waals surface area (Å²) in [5, 5.41) is 3.26. The first-order chi connectivity index (χ1) is 10.1. The van der Waals surface area contributed by atoms with E-state index >= 15 is 0 Å². The highest BCUT2D eigenvalue weighted by Gasteiger charge is 2.15. The maximum absolute atomic E-state index is 12.0. The van der Waals surface area contributed by atoms with Crippen molar-refractivity contribution >= 4 is 10.2 Å². The largest absolute Gasteiger partial charge is 0.317 e. The van der Waals surface area contributed by atoms with Crippen LogP contribution in [0.25, 0.3) is 0 Å². The third kappa shape index (κ3) is 7.57. The maximum Gasteiger partial charge on any atom is 0.279 e. The van der Waals surface area contributed by atoms with Crippen molar-refractivity contribution in [1.82, 2.24) is 14.3 Å². The number of rotatable bonds is 11. The quantitative estimate of drug-likeness (QED) is 0.607. The van der Waals surface area contributed by atoms with Crippen molar-refractivity contribution in [2.75, 3.05) is 33.2 Å². The van der Waals surface area contributed by atoms with E-state index in [1.807, 2.05) is 30.3 Å². The van der Waals surface area contributed by atoms with Crippen molar-refractivity contribution in [3.63, 3.8) is 0 Å². The number of benzene rings is 1. The highest BCUT2D eigenvalue weighted by molar-refractivity contribution is 7.87. The molecule has 0 aliphatic rings. The Hall–Kier alpha value is -0.950. The molecule has 1 aromatic rings. The number of hydrogen-bond acceptors (Lipinski definition) is 3. The van der Waals surface area contributed by atoms with Crippen LogP contribution in [-0.4, -0.2) is 45.9 Å². The minimum absolute atomic E-state index is 0.421. The Bertz CT molecular complexity index is 477. The van der Waals surface area contributed by atoms with Gasteiger partial charge in [-0.1, -0.05) is 37.3 Å². The highest BCUT2D eigenvalue weighted by Crippen LogP contribution is 2.00. The van der Waals surface area contributed by atoms with Crippen LogP contribution in [-0.2, 0) is 16.6 Å². The topological polar surface area (TPSA) is 61.4 Å². The molecular formula is C15H27N3O2S. The zero-order valence-electron chi connectivity index (χ0n) is 13.0. The molecule has 21 heavy (non-hydrogen) atoms. The highest BCUT2D eigenvalue weighted by atomic mass is 32.2. The SMILES string of the molecule is CCCNCCCN(C)S(=O)(=O)NCCc1ccccc1. The van der Waals surface area contributed by atoms with Gasteiger partial charge in [0.15, 0.2) is 0 Å². The van der Waals surface area contributed by atoms with Crippen LogP contribution in [0.15, 0.2) is 30.3 Å².